The van der Waals surface area contributed by atoms with Gasteiger partial charge in [-0.15, -0.1) is 0 Å². The predicted octanol–water partition coefficient (Wildman–Crippen LogP) is 1.83. The molecule has 0 unspecified atom stereocenters. The van der Waals surface area contributed by atoms with Crippen LogP contribution in [0.25, 0.3) is 0 Å². The molecule has 1 saturated carbocycles. The van der Waals surface area contributed by atoms with Gasteiger partial charge < -0.3 is 10.1 Å². The quantitative estimate of drug-likeness (QED) is 0.655. The van der Waals surface area contributed by atoms with Crippen LogP contribution in [0, 0.1) is 23.7 Å². The number of hydrogen-bond donors (Lipinski definition) is 1. The SMILES string of the molecule is COc1ccc(NC(=O)CCN2C(=O)[C@@H]3[C@@H](C2=O)[C@H]2C=C[C@H]3C2)cc1. The Kier molecular flexibility index (Phi) is 3.82. The monoisotopic (exact) mass is 340 g/mol. The first-order valence-corrected chi connectivity index (χ1v) is 8.56. The van der Waals surface area contributed by atoms with Gasteiger partial charge in [-0.1, -0.05) is 12.2 Å². The summed E-state index contributed by atoms with van der Waals surface area (Å²) >= 11 is 0. The van der Waals surface area contributed by atoms with Gasteiger partial charge in [0.15, 0.2) is 0 Å². The lowest BCUT2D eigenvalue weighted by Gasteiger charge is -2.17. The summed E-state index contributed by atoms with van der Waals surface area (Å²) in [5.74, 6) is 0.270. The van der Waals surface area contributed by atoms with Crippen molar-refractivity contribution in [3.05, 3.63) is 36.4 Å². The largest absolute Gasteiger partial charge is 0.497 e. The van der Waals surface area contributed by atoms with E-state index in [-0.39, 0.29) is 54.4 Å². The molecular weight excluding hydrogens is 320 g/mol. The molecule has 25 heavy (non-hydrogen) atoms. The first-order chi connectivity index (χ1) is 12.1. The Morgan fingerprint density at radius 3 is 2.28 bits per heavy atom. The molecule has 0 radical (unpaired) electrons. The lowest BCUT2D eigenvalue weighted by Crippen LogP contribution is -2.35. The summed E-state index contributed by atoms with van der Waals surface area (Å²) in [6, 6.07) is 7.01. The number of carbonyl (C=O) groups excluding carboxylic acids is 3. The molecule has 6 heteroatoms. The number of amides is 3. The molecule has 0 aromatic heterocycles. The molecule has 1 aromatic rings. The summed E-state index contributed by atoms with van der Waals surface area (Å²) in [4.78, 5) is 38.5. The van der Waals surface area contributed by atoms with Crippen LogP contribution >= 0.6 is 0 Å². The normalized spacial score (nSPS) is 29.2. The zero-order valence-electron chi connectivity index (χ0n) is 14.0. The van der Waals surface area contributed by atoms with Crippen LogP contribution < -0.4 is 10.1 Å². The number of nitrogens with one attached hydrogen (secondary N) is 1. The fourth-order valence-corrected chi connectivity index (χ4v) is 4.30. The van der Waals surface area contributed by atoms with Crippen molar-refractivity contribution in [1.29, 1.82) is 0 Å². The molecule has 1 heterocycles. The highest BCUT2D eigenvalue weighted by Crippen LogP contribution is 2.52. The molecule has 1 aliphatic heterocycles. The number of hydrogen-bond acceptors (Lipinski definition) is 4. The molecule has 1 N–H and O–H groups in total. The zero-order chi connectivity index (χ0) is 17.6. The molecule has 4 rings (SSSR count). The van der Waals surface area contributed by atoms with Crippen molar-refractivity contribution in [2.24, 2.45) is 23.7 Å². The Morgan fingerprint density at radius 2 is 1.72 bits per heavy atom. The summed E-state index contributed by atoms with van der Waals surface area (Å²) in [6.07, 6.45) is 5.15. The molecule has 2 aliphatic carbocycles. The number of fused-ring (bicyclic) bond motifs is 5. The van der Waals surface area contributed by atoms with E-state index >= 15 is 0 Å². The maximum absolute atomic E-state index is 12.6. The van der Waals surface area contributed by atoms with Gasteiger partial charge in [-0.3, -0.25) is 19.3 Å². The van der Waals surface area contributed by atoms with Gasteiger partial charge in [0.1, 0.15) is 5.75 Å². The Morgan fingerprint density at radius 1 is 1.12 bits per heavy atom. The number of likely N-dealkylation sites (tertiary alicyclic amines) is 1. The van der Waals surface area contributed by atoms with E-state index < -0.39 is 0 Å². The van der Waals surface area contributed by atoms with E-state index in [4.69, 9.17) is 4.74 Å². The van der Waals surface area contributed by atoms with E-state index in [2.05, 4.69) is 17.5 Å². The fourth-order valence-electron chi connectivity index (χ4n) is 4.30. The van der Waals surface area contributed by atoms with Gasteiger partial charge in [0, 0.05) is 18.7 Å². The molecule has 6 nitrogen and oxygen atoms in total. The first-order valence-electron chi connectivity index (χ1n) is 8.56. The second kappa shape index (κ2) is 6.02. The number of nitrogens with zero attached hydrogens (tertiary/aromatic N) is 1. The molecular formula is C19H20N2O4. The molecule has 3 amide bonds. The minimum Gasteiger partial charge on any atom is -0.497 e. The van der Waals surface area contributed by atoms with Gasteiger partial charge in [-0.2, -0.15) is 0 Å². The van der Waals surface area contributed by atoms with E-state index in [1.165, 1.54) is 4.90 Å². The smallest absolute Gasteiger partial charge is 0.233 e. The van der Waals surface area contributed by atoms with Crippen LogP contribution in [0.2, 0.25) is 0 Å². The summed E-state index contributed by atoms with van der Waals surface area (Å²) < 4.78 is 5.07. The molecule has 4 atom stereocenters. The van der Waals surface area contributed by atoms with E-state index in [1.807, 2.05) is 0 Å². The maximum atomic E-state index is 12.6. The summed E-state index contributed by atoms with van der Waals surface area (Å²) in [5, 5.41) is 2.77. The second-order valence-electron chi connectivity index (χ2n) is 6.85. The van der Waals surface area contributed by atoms with Crippen LogP contribution in [0.1, 0.15) is 12.8 Å². The van der Waals surface area contributed by atoms with Crippen molar-refractivity contribution in [2.45, 2.75) is 12.8 Å². The third-order valence-corrected chi connectivity index (χ3v) is 5.50. The average Bonchev–Trinajstić information content (AvgIpc) is 3.29. The van der Waals surface area contributed by atoms with Crippen LogP contribution in [0.15, 0.2) is 36.4 Å². The Bertz CT molecular complexity index is 725. The fraction of sp³-hybridized carbons (Fsp3) is 0.421. The highest BCUT2D eigenvalue weighted by molar-refractivity contribution is 6.06. The molecule has 2 fully saturated rings. The standard InChI is InChI=1S/C19H20N2O4/c1-25-14-6-4-13(5-7-14)20-15(22)8-9-21-18(23)16-11-2-3-12(10-11)17(16)19(21)24/h2-7,11-12,16-17H,8-10H2,1H3,(H,20,22)/t11-,12-,16-,17-/m0/s1. The number of carbonyl (C=O) groups is 3. The van der Waals surface area contributed by atoms with Crippen LogP contribution in [0.4, 0.5) is 5.69 Å². The summed E-state index contributed by atoms with van der Waals surface area (Å²) in [7, 11) is 1.58. The van der Waals surface area contributed by atoms with Crippen LogP contribution in [-0.4, -0.2) is 36.3 Å². The van der Waals surface area contributed by atoms with Gasteiger partial charge in [0.2, 0.25) is 17.7 Å². The molecule has 0 spiro atoms. The number of benzene rings is 1. The number of anilines is 1. The Balaban J connectivity index is 1.34. The highest BCUT2D eigenvalue weighted by Gasteiger charge is 2.58. The number of allylic oxidation sites excluding steroid dienone is 2. The third-order valence-electron chi connectivity index (χ3n) is 5.50. The van der Waals surface area contributed by atoms with Crippen molar-refractivity contribution in [3.8, 4) is 5.75 Å². The molecule has 2 bridgehead atoms. The number of rotatable bonds is 5. The summed E-state index contributed by atoms with van der Waals surface area (Å²) in [6.45, 7) is 0.145. The topological polar surface area (TPSA) is 75.7 Å². The minimum absolute atomic E-state index is 0.103. The predicted molar refractivity (Wildman–Crippen MR) is 90.7 cm³/mol. The van der Waals surface area contributed by atoms with E-state index in [0.29, 0.717) is 11.4 Å². The van der Waals surface area contributed by atoms with Gasteiger partial charge >= 0.3 is 0 Å². The second-order valence-corrected chi connectivity index (χ2v) is 6.85. The molecule has 3 aliphatic rings. The van der Waals surface area contributed by atoms with Crippen LogP contribution in [0.3, 0.4) is 0 Å². The minimum atomic E-state index is -0.219. The van der Waals surface area contributed by atoms with E-state index in [1.54, 1.807) is 31.4 Å². The summed E-state index contributed by atoms with van der Waals surface area (Å²) in [5.41, 5.74) is 0.656. The average molecular weight is 340 g/mol. The molecule has 130 valence electrons. The lowest BCUT2D eigenvalue weighted by atomic mass is 9.85. The lowest BCUT2D eigenvalue weighted by molar-refractivity contribution is -0.140. The van der Waals surface area contributed by atoms with Gasteiger partial charge in [-0.25, -0.2) is 0 Å². The van der Waals surface area contributed by atoms with Crippen LogP contribution in [-0.2, 0) is 14.4 Å². The van der Waals surface area contributed by atoms with Gasteiger partial charge in [0.25, 0.3) is 0 Å². The Hall–Kier alpha value is -2.63. The van der Waals surface area contributed by atoms with Crippen molar-refractivity contribution in [3.63, 3.8) is 0 Å². The van der Waals surface area contributed by atoms with Gasteiger partial charge in [0.05, 0.1) is 18.9 Å². The van der Waals surface area contributed by atoms with Crippen molar-refractivity contribution in [1.82, 2.24) is 4.90 Å². The molecule has 1 saturated heterocycles. The van der Waals surface area contributed by atoms with E-state index in [9.17, 15) is 14.4 Å². The Labute approximate surface area is 145 Å². The van der Waals surface area contributed by atoms with Gasteiger partial charge in [-0.05, 0) is 42.5 Å². The third kappa shape index (κ3) is 2.62. The zero-order valence-corrected chi connectivity index (χ0v) is 14.0. The van der Waals surface area contributed by atoms with Crippen molar-refractivity contribution >= 4 is 23.4 Å². The molecule has 1 aromatic carbocycles. The highest BCUT2D eigenvalue weighted by atomic mass is 16.5. The van der Waals surface area contributed by atoms with Crippen molar-refractivity contribution < 1.29 is 19.1 Å². The number of imide groups is 1. The van der Waals surface area contributed by atoms with E-state index in [0.717, 1.165) is 6.42 Å². The van der Waals surface area contributed by atoms with Crippen LogP contribution in [0.5, 0.6) is 5.75 Å². The maximum Gasteiger partial charge on any atom is 0.233 e. The first kappa shape index (κ1) is 15.9. The van der Waals surface area contributed by atoms with Crippen molar-refractivity contribution in [2.75, 3.05) is 19.0 Å². The number of methoxy groups -OCH3 is 1. The number of ether oxygens (including phenoxy) is 1.